The minimum atomic E-state index is -0.977. The molecule has 1 unspecified atom stereocenters. The second-order valence-corrected chi connectivity index (χ2v) is 8.10. The molecule has 1 aromatic heterocycles. The van der Waals surface area contributed by atoms with E-state index in [4.69, 9.17) is 9.47 Å². The molecule has 0 spiro atoms. The van der Waals surface area contributed by atoms with Crippen LogP contribution in [0.4, 0.5) is 26.0 Å². The van der Waals surface area contributed by atoms with Crippen molar-refractivity contribution in [2.75, 3.05) is 44.5 Å². The Morgan fingerprint density at radius 1 is 1.24 bits per heavy atom. The first-order chi connectivity index (χ1) is 16.4. The van der Waals surface area contributed by atoms with Crippen LogP contribution in [0.25, 0.3) is 10.9 Å². The summed E-state index contributed by atoms with van der Waals surface area (Å²) in [7, 11) is 3.81. The van der Waals surface area contributed by atoms with E-state index in [-0.39, 0.29) is 12.0 Å². The molecular formula is C24H25F2N5O3. The monoisotopic (exact) mass is 469 g/mol. The number of aromatic nitrogens is 2. The predicted octanol–water partition coefficient (Wildman–Crippen LogP) is 3.88. The van der Waals surface area contributed by atoms with Crippen LogP contribution in [0, 0.1) is 11.6 Å². The highest BCUT2D eigenvalue weighted by Gasteiger charge is 2.20. The molecule has 178 valence electrons. The number of hydrogen-bond acceptors (Lipinski definition) is 7. The van der Waals surface area contributed by atoms with Crippen molar-refractivity contribution < 1.29 is 23.0 Å². The van der Waals surface area contributed by atoms with Crippen LogP contribution in [0.2, 0.25) is 0 Å². The minimum absolute atomic E-state index is 0.140. The number of ether oxygens (including phenoxy) is 2. The normalized spacial score (nSPS) is 15.9. The molecule has 1 atom stereocenters. The summed E-state index contributed by atoms with van der Waals surface area (Å²) in [5.41, 5.74) is 1.30. The number of hydrogen-bond donors (Lipinski definition) is 2. The number of halogens is 2. The number of nitrogens with zero attached hydrogens (tertiary/aromatic N) is 3. The molecule has 2 N–H and O–H groups in total. The van der Waals surface area contributed by atoms with Gasteiger partial charge < -0.3 is 25.0 Å². The maximum absolute atomic E-state index is 13.7. The number of nitrogens with one attached hydrogen (secondary N) is 2. The van der Waals surface area contributed by atoms with Gasteiger partial charge in [0, 0.05) is 42.2 Å². The molecule has 1 amide bonds. The third-order valence-electron chi connectivity index (χ3n) is 5.10. The Bertz CT molecular complexity index is 1210. The molecular weight excluding hydrogens is 444 g/mol. The summed E-state index contributed by atoms with van der Waals surface area (Å²) in [4.78, 5) is 23.0. The number of fused-ring (bicyclic) bond motifs is 1. The van der Waals surface area contributed by atoms with Gasteiger partial charge in [0.15, 0.2) is 11.6 Å². The lowest BCUT2D eigenvalue weighted by Gasteiger charge is -2.17. The Kier molecular flexibility index (Phi) is 7.29. The molecule has 0 radical (unpaired) electrons. The number of anilines is 3. The van der Waals surface area contributed by atoms with Crippen molar-refractivity contribution in [2.45, 2.75) is 12.5 Å². The highest BCUT2D eigenvalue weighted by molar-refractivity contribution is 6.03. The van der Waals surface area contributed by atoms with Crippen LogP contribution in [0.3, 0.4) is 0 Å². The quantitative estimate of drug-likeness (QED) is 0.484. The zero-order valence-electron chi connectivity index (χ0n) is 18.8. The van der Waals surface area contributed by atoms with Gasteiger partial charge in [0.25, 0.3) is 0 Å². The van der Waals surface area contributed by atoms with Crippen molar-refractivity contribution in [1.82, 2.24) is 14.9 Å². The fraction of sp³-hybridized carbons (Fsp3) is 0.292. The maximum Gasteiger partial charge on any atom is 0.248 e. The van der Waals surface area contributed by atoms with Gasteiger partial charge in [-0.25, -0.2) is 18.7 Å². The highest BCUT2D eigenvalue weighted by Crippen LogP contribution is 2.34. The van der Waals surface area contributed by atoms with Crippen LogP contribution in [-0.2, 0) is 9.53 Å². The van der Waals surface area contributed by atoms with Gasteiger partial charge in [-0.2, -0.15) is 0 Å². The maximum atomic E-state index is 13.7. The topological polar surface area (TPSA) is 88.6 Å². The first-order valence-electron chi connectivity index (χ1n) is 10.8. The van der Waals surface area contributed by atoms with E-state index >= 15 is 0 Å². The summed E-state index contributed by atoms with van der Waals surface area (Å²) in [6, 6.07) is 6.88. The molecule has 1 aliphatic heterocycles. The average Bonchev–Trinajstić information content (AvgIpc) is 3.30. The summed E-state index contributed by atoms with van der Waals surface area (Å²) < 4.78 is 38.5. The van der Waals surface area contributed by atoms with E-state index in [9.17, 15) is 13.6 Å². The highest BCUT2D eigenvalue weighted by atomic mass is 19.2. The molecule has 0 saturated carbocycles. The summed E-state index contributed by atoms with van der Waals surface area (Å²) >= 11 is 0. The van der Waals surface area contributed by atoms with E-state index in [0.717, 1.165) is 18.6 Å². The van der Waals surface area contributed by atoms with Crippen LogP contribution >= 0.6 is 0 Å². The number of rotatable bonds is 8. The zero-order valence-corrected chi connectivity index (χ0v) is 18.8. The van der Waals surface area contributed by atoms with E-state index in [1.807, 2.05) is 19.0 Å². The molecule has 1 saturated heterocycles. The van der Waals surface area contributed by atoms with Gasteiger partial charge in [0.05, 0.1) is 24.4 Å². The largest absolute Gasteiger partial charge is 0.486 e. The Labute approximate surface area is 195 Å². The number of amides is 1. The first kappa shape index (κ1) is 23.5. The molecule has 1 fully saturated rings. The smallest absolute Gasteiger partial charge is 0.248 e. The number of likely N-dealkylation sites (N-methyl/N-ethyl adjacent to an activating group) is 1. The zero-order chi connectivity index (χ0) is 24.1. The molecule has 8 nitrogen and oxygen atoms in total. The van der Waals surface area contributed by atoms with Gasteiger partial charge >= 0.3 is 0 Å². The summed E-state index contributed by atoms with van der Waals surface area (Å²) in [5.74, 6) is -1.42. The Hall–Kier alpha value is -3.63. The predicted molar refractivity (Wildman–Crippen MR) is 125 cm³/mol. The van der Waals surface area contributed by atoms with Gasteiger partial charge in [-0.1, -0.05) is 6.08 Å². The molecule has 0 aliphatic carbocycles. The van der Waals surface area contributed by atoms with Crippen molar-refractivity contribution in [3.05, 3.63) is 60.4 Å². The third kappa shape index (κ3) is 5.83. The molecule has 2 aromatic carbocycles. The SMILES string of the molecule is CN(C)CC=CC(=O)Nc1cc2c(Nc3ccc(F)c(F)c3)ncnc2cc1OC1CCOC1. The van der Waals surface area contributed by atoms with E-state index in [1.165, 1.54) is 18.5 Å². The van der Waals surface area contributed by atoms with Crippen molar-refractivity contribution in [3.63, 3.8) is 0 Å². The molecule has 34 heavy (non-hydrogen) atoms. The van der Waals surface area contributed by atoms with Gasteiger partial charge in [-0.3, -0.25) is 4.79 Å². The summed E-state index contributed by atoms with van der Waals surface area (Å²) in [6.45, 7) is 1.68. The van der Waals surface area contributed by atoms with Gasteiger partial charge in [-0.15, -0.1) is 0 Å². The summed E-state index contributed by atoms with van der Waals surface area (Å²) in [5, 5.41) is 6.40. The van der Waals surface area contributed by atoms with E-state index in [0.29, 0.717) is 53.6 Å². The second-order valence-electron chi connectivity index (χ2n) is 8.10. The Morgan fingerprint density at radius 2 is 2.09 bits per heavy atom. The van der Waals surface area contributed by atoms with Gasteiger partial charge in [0.1, 0.15) is 24.0 Å². The number of benzene rings is 2. The number of carbonyl (C=O) groups is 1. The average molecular weight is 469 g/mol. The lowest BCUT2D eigenvalue weighted by molar-refractivity contribution is -0.111. The molecule has 0 bridgehead atoms. The van der Waals surface area contributed by atoms with E-state index in [2.05, 4.69) is 20.6 Å². The van der Waals surface area contributed by atoms with E-state index < -0.39 is 11.6 Å². The lowest BCUT2D eigenvalue weighted by Crippen LogP contribution is -2.18. The molecule has 10 heteroatoms. The van der Waals surface area contributed by atoms with E-state index in [1.54, 1.807) is 18.2 Å². The fourth-order valence-corrected chi connectivity index (χ4v) is 3.42. The first-order valence-corrected chi connectivity index (χ1v) is 10.8. The van der Waals surface area contributed by atoms with Crippen LogP contribution in [-0.4, -0.2) is 60.7 Å². The Balaban J connectivity index is 1.68. The number of carbonyl (C=O) groups excluding carboxylic acids is 1. The van der Waals surface area contributed by atoms with Crippen molar-refractivity contribution in [1.29, 1.82) is 0 Å². The standard InChI is InChI=1S/C24H25F2N5O3/c1-31(2)8-3-4-23(32)30-21-11-17-20(12-22(21)34-16-7-9-33-13-16)27-14-28-24(17)29-15-5-6-18(25)19(26)10-15/h3-6,10-12,14,16H,7-9,13H2,1-2H3,(H,30,32)(H,27,28,29). The molecule has 4 rings (SSSR count). The summed E-state index contributed by atoms with van der Waals surface area (Å²) in [6.07, 6.45) is 5.16. The molecule has 2 heterocycles. The van der Waals surface area contributed by atoms with Crippen molar-refractivity contribution in [2.24, 2.45) is 0 Å². The second kappa shape index (κ2) is 10.5. The van der Waals surface area contributed by atoms with Crippen LogP contribution in [0.15, 0.2) is 48.8 Å². The van der Waals surface area contributed by atoms with Gasteiger partial charge in [-0.05, 0) is 32.3 Å². The third-order valence-corrected chi connectivity index (χ3v) is 5.10. The van der Waals surface area contributed by atoms with Gasteiger partial charge in [0.2, 0.25) is 5.91 Å². The van der Waals surface area contributed by atoms with Crippen molar-refractivity contribution >= 4 is 34.0 Å². The van der Waals surface area contributed by atoms with Crippen molar-refractivity contribution in [3.8, 4) is 5.75 Å². The lowest BCUT2D eigenvalue weighted by atomic mass is 10.1. The van der Waals surface area contributed by atoms with Crippen LogP contribution < -0.4 is 15.4 Å². The fourth-order valence-electron chi connectivity index (χ4n) is 3.42. The van der Waals surface area contributed by atoms with Crippen LogP contribution in [0.5, 0.6) is 5.75 Å². The minimum Gasteiger partial charge on any atom is -0.486 e. The molecule has 3 aromatic rings. The van der Waals surface area contributed by atoms with Crippen LogP contribution in [0.1, 0.15) is 6.42 Å². The molecule has 1 aliphatic rings. The Morgan fingerprint density at radius 3 is 2.82 bits per heavy atom.